The van der Waals surface area contributed by atoms with Crippen LogP contribution in [0.15, 0.2) is 20.0 Å². The number of furan rings is 1. The minimum Gasteiger partial charge on any atom is -0.475 e. The third-order valence-corrected chi connectivity index (χ3v) is 5.66. The molecule has 0 aliphatic heterocycles. The number of rotatable bonds is 7. The van der Waals surface area contributed by atoms with Crippen molar-refractivity contribution in [2.75, 3.05) is 0 Å². The summed E-state index contributed by atoms with van der Waals surface area (Å²) in [6, 6.07) is 0.876. The van der Waals surface area contributed by atoms with Gasteiger partial charge in [0.15, 0.2) is 4.67 Å². The number of carboxylic acids is 1. The van der Waals surface area contributed by atoms with Crippen LogP contribution < -0.4 is 4.72 Å². The second-order valence-electron chi connectivity index (χ2n) is 4.96. The van der Waals surface area contributed by atoms with E-state index in [1.165, 1.54) is 0 Å². The highest BCUT2D eigenvalue weighted by Crippen LogP contribution is 2.34. The monoisotopic (exact) mass is 365 g/mol. The first-order valence-corrected chi connectivity index (χ1v) is 8.66. The second-order valence-corrected chi connectivity index (χ2v) is 7.36. The number of halogens is 1. The van der Waals surface area contributed by atoms with Gasteiger partial charge in [0.25, 0.3) is 0 Å². The minimum absolute atomic E-state index is 0.0938. The number of carboxylic acid groups (broad SMARTS) is 1. The predicted octanol–water partition coefficient (Wildman–Crippen LogP) is 2.60. The number of hydrogen-bond acceptors (Lipinski definition) is 4. The summed E-state index contributed by atoms with van der Waals surface area (Å²) >= 11 is 2.95. The summed E-state index contributed by atoms with van der Waals surface area (Å²) in [5.74, 6) is -1.12. The van der Waals surface area contributed by atoms with Crippen molar-refractivity contribution in [2.24, 2.45) is 5.92 Å². The molecule has 0 bridgehead atoms. The molecule has 20 heavy (non-hydrogen) atoms. The van der Waals surface area contributed by atoms with Gasteiger partial charge in [-0.3, -0.25) is 0 Å². The van der Waals surface area contributed by atoms with Gasteiger partial charge in [0.1, 0.15) is 4.90 Å². The summed E-state index contributed by atoms with van der Waals surface area (Å²) in [6.45, 7) is 1.92. The van der Waals surface area contributed by atoms with Crippen molar-refractivity contribution >= 4 is 31.9 Å². The van der Waals surface area contributed by atoms with Gasteiger partial charge in [0.2, 0.25) is 15.8 Å². The van der Waals surface area contributed by atoms with Crippen LogP contribution in [0.3, 0.4) is 0 Å². The minimum atomic E-state index is -3.79. The molecule has 6 nitrogen and oxygen atoms in total. The average Bonchev–Trinajstić information content (AvgIpc) is 3.07. The van der Waals surface area contributed by atoms with Crippen LogP contribution in [0.2, 0.25) is 0 Å². The Kier molecular flexibility index (Phi) is 4.55. The Bertz CT molecular complexity index is 605. The van der Waals surface area contributed by atoms with Crippen LogP contribution in [-0.2, 0) is 10.0 Å². The van der Waals surface area contributed by atoms with E-state index in [1.807, 2.05) is 6.92 Å². The standard InChI is InChI=1S/C12H16BrNO5S/c1-2-8(5-7-3-4-7)14-20(17,18)10-6-9(12(15)16)19-11(10)13/h6-8,14H,2-5H2,1H3,(H,15,16). The fraction of sp³-hybridized carbons (Fsp3) is 0.583. The Hall–Kier alpha value is -0.860. The molecule has 0 radical (unpaired) electrons. The van der Waals surface area contributed by atoms with Crippen molar-refractivity contribution in [2.45, 2.75) is 43.5 Å². The molecule has 1 aromatic heterocycles. The van der Waals surface area contributed by atoms with Gasteiger partial charge in [-0.15, -0.1) is 0 Å². The molecular formula is C12H16BrNO5S. The van der Waals surface area contributed by atoms with Gasteiger partial charge in [-0.25, -0.2) is 17.9 Å². The largest absolute Gasteiger partial charge is 0.475 e. The first-order chi connectivity index (χ1) is 9.33. The van der Waals surface area contributed by atoms with E-state index in [9.17, 15) is 13.2 Å². The molecule has 1 aliphatic carbocycles. The molecular weight excluding hydrogens is 350 g/mol. The summed E-state index contributed by atoms with van der Waals surface area (Å²) in [6.07, 6.45) is 3.81. The molecule has 112 valence electrons. The first-order valence-electron chi connectivity index (χ1n) is 6.38. The van der Waals surface area contributed by atoms with E-state index in [1.54, 1.807) is 0 Å². The molecule has 1 saturated carbocycles. The number of nitrogens with one attached hydrogen (secondary N) is 1. The number of sulfonamides is 1. The summed E-state index contributed by atoms with van der Waals surface area (Å²) < 4.78 is 31.9. The zero-order chi connectivity index (χ0) is 14.9. The first kappa shape index (κ1) is 15.5. The van der Waals surface area contributed by atoms with Gasteiger partial charge in [-0.05, 0) is 34.7 Å². The maximum atomic E-state index is 12.3. The van der Waals surface area contributed by atoms with Gasteiger partial charge in [-0.2, -0.15) is 0 Å². The lowest BCUT2D eigenvalue weighted by Crippen LogP contribution is -2.34. The molecule has 2 N–H and O–H groups in total. The molecule has 1 aliphatic rings. The smallest absolute Gasteiger partial charge is 0.371 e. The van der Waals surface area contributed by atoms with Gasteiger partial charge >= 0.3 is 5.97 Å². The van der Waals surface area contributed by atoms with Crippen molar-refractivity contribution in [1.82, 2.24) is 4.72 Å². The zero-order valence-corrected chi connectivity index (χ0v) is 13.3. The Morgan fingerprint density at radius 2 is 2.25 bits per heavy atom. The van der Waals surface area contributed by atoms with Gasteiger partial charge in [0.05, 0.1) is 0 Å². The number of carbonyl (C=O) groups is 1. The molecule has 1 heterocycles. The highest BCUT2D eigenvalue weighted by atomic mass is 79.9. The number of aromatic carboxylic acids is 1. The van der Waals surface area contributed by atoms with Gasteiger partial charge < -0.3 is 9.52 Å². The lowest BCUT2D eigenvalue weighted by Gasteiger charge is -2.16. The van der Waals surface area contributed by atoms with E-state index in [2.05, 4.69) is 20.7 Å². The quantitative estimate of drug-likeness (QED) is 0.773. The lowest BCUT2D eigenvalue weighted by molar-refractivity contribution is 0.0661. The van der Waals surface area contributed by atoms with E-state index < -0.39 is 21.8 Å². The fourth-order valence-electron chi connectivity index (χ4n) is 1.98. The van der Waals surface area contributed by atoms with Crippen molar-refractivity contribution in [3.8, 4) is 0 Å². The molecule has 1 unspecified atom stereocenters. The highest BCUT2D eigenvalue weighted by Gasteiger charge is 2.30. The summed E-state index contributed by atoms with van der Waals surface area (Å²) in [7, 11) is -3.79. The third-order valence-electron chi connectivity index (χ3n) is 3.29. The predicted molar refractivity (Wildman–Crippen MR) is 75.1 cm³/mol. The van der Waals surface area contributed by atoms with E-state index >= 15 is 0 Å². The molecule has 2 rings (SSSR count). The van der Waals surface area contributed by atoms with Crippen molar-refractivity contribution in [3.63, 3.8) is 0 Å². The normalized spacial score (nSPS) is 17.1. The molecule has 1 aromatic rings. The maximum Gasteiger partial charge on any atom is 0.371 e. The molecule has 1 atom stereocenters. The van der Waals surface area contributed by atoms with E-state index in [-0.39, 0.29) is 15.6 Å². The van der Waals surface area contributed by atoms with Crippen LogP contribution >= 0.6 is 15.9 Å². The molecule has 0 spiro atoms. The van der Waals surface area contributed by atoms with E-state index in [0.29, 0.717) is 12.3 Å². The van der Waals surface area contributed by atoms with Crippen molar-refractivity contribution < 1.29 is 22.7 Å². The Balaban J connectivity index is 2.18. The van der Waals surface area contributed by atoms with E-state index in [0.717, 1.165) is 25.3 Å². The molecule has 8 heteroatoms. The summed E-state index contributed by atoms with van der Waals surface area (Å²) in [5, 5.41) is 8.81. The topological polar surface area (TPSA) is 96.6 Å². The average molecular weight is 366 g/mol. The van der Waals surface area contributed by atoms with Crippen molar-refractivity contribution in [1.29, 1.82) is 0 Å². The lowest BCUT2D eigenvalue weighted by atomic mass is 10.1. The highest BCUT2D eigenvalue weighted by molar-refractivity contribution is 9.10. The van der Waals surface area contributed by atoms with Gasteiger partial charge in [0, 0.05) is 12.1 Å². The Labute approximate surface area is 125 Å². The maximum absolute atomic E-state index is 12.3. The molecule has 0 saturated heterocycles. The van der Waals surface area contributed by atoms with Crippen LogP contribution in [0, 0.1) is 5.92 Å². The van der Waals surface area contributed by atoms with Crippen LogP contribution in [0.5, 0.6) is 0 Å². The van der Waals surface area contributed by atoms with Crippen LogP contribution in [0.4, 0.5) is 0 Å². The van der Waals surface area contributed by atoms with E-state index in [4.69, 9.17) is 9.52 Å². The summed E-state index contributed by atoms with van der Waals surface area (Å²) in [4.78, 5) is 10.6. The molecule has 0 aromatic carbocycles. The van der Waals surface area contributed by atoms with Crippen LogP contribution in [0.25, 0.3) is 0 Å². The zero-order valence-electron chi connectivity index (χ0n) is 10.9. The van der Waals surface area contributed by atoms with Crippen LogP contribution in [-0.4, -0.2) is 25.5 Å². The summed E-state index contributed by atoms with van der Waals surface area (Å²) in [5.41, 5.74) is 0. The van der Waals surface area contributed by atoms with Gasteiger partial charge in [-0.1, -0.05) is 19.8 Å². The third kappa shape index (κ3) is 3.62. The Morgan fingerprint density at radius 3 is 2.70 bits per heavy atom. The molecule has 1 fully saturated rings. The number of hydrogen-bond donors (Lipinski definition) is 2. The SMILES string of the molecule is CCC(CC1CC1)NS(=O)(=O)c1cc(C(=O)O)oc1Br. The fourth-order valence-corrected chi connectivity index (χ4v) is 4.25. The van der Waals surface area contributed by atoms with Crippen LogP contribution in [0.1, 0.15) is 43.2 Å². The van der Waals surface area contributed by atoms with Crippen molar-refractivity contribution in [3.05, 3.63) is 16.5 Å². The molecule has 0 amide bonds. The Morgan fingerprint density at radius 1 is 1.60 bits per heavy atom. The second kappa shape index (κ2) is 5.87.